The molecule has 0 aliphatic rings. The summed E-state index contributed by atoms with van der Waals surface area (Å²) in [5, 5.41) is 11.7. The van der Waals surface area contributed by atoms with Gasteiger partial charge >= 0.3 is 5.97 Å². The first kappa shape index (κ1) is 13.5. The normalized spacial score (nSPS) is 10.5. The topological polar surface area (TPSA) is 49.3 Å². The number of nitrogens with one attached hydrogen (secondary N) is 1. The quantitative estimate of drug-likeness (QED) is 0.894. The van der Waals surface area contributed by atoms with E-state index >= 15 is 0 Å². The maximum absolute atomic E-state index is 13.7. The molecule has 2 N–H and O–H groups in total. The second kappa shape index (κ2) is 5.40. The largest absolute Gasteiger partial charge is 0.478 e. The van der Waals surface area contributed by atoms with Crippen molar-refractivity contribution in [3.63, 3.8) is 0 Å². The van der Waals surface area contributed by atoms with Crippen molar-refractivity contribution in [2.24, 2.45) is 0 Å². The lowest BCUT2D eigenvalue weighted by Gasteiger charge is -2.06. The average molecular weight is 279 g/mol. The van der Waals surface area contributed by atoms with Crippen molar-refractivity contribution in [3.05, 3.63) is 51.0 Å². The van der Waals surface area contributed by atoms with Crippen LogP contribution in [-0.4, -0.2) is 11.1 Å². The lowest BCUT2D eigenvalue weighted by Crippen LogP contribution is -2.02. The van der Waals surface area contributed by atoms with Crippen LogP contribution in [0.1, 0.15) is 25.7 Å². The van der Waals surface area contributed by atoms with Crippen LogP contribution in [0.15, 0.2) is 24.3 Å². The highest BCUT2D eigenvalue weighted by Crippen LogP contribution is 2.23. The fourth-order valence-electron chi connectivity index (χ4n) is 1.71. The zero-order valence-corrected chi connectivity index (χ0v) is 11.5. The molecule has 0 unspecified atom stereocenters. The molecular formula is C14H14FNO2S. The second-order valence-electron chi connectivity index (χ2n) is 4.31. The van der Waals surface area contributed by atoms with E-state index in [1.165, 1.54) is 22.6 Å². The van der Waals surface area contributed by atoms with E-state index in [1.807, 2.05) is 13.8 Å². The Labute approximate surface area is 114 Å². The molecule has 0 fully saturated rings. The van der Waals surface area contributed by atoms with Gasteiger partial charge in [-0.05, 0) is 43.7 Å². The zero-order valence-electron chi connectivity index (χ0n) is 10.7. The molecule has 0 bridgehead atoms. The van der Waals surface area contributed by atoms with Gasteiger partial charge in [0.15, 0.2) is 0 Å². The van der Waals surface area contributed by atoms with Gasteiger partial charge in [-0.2, -0.15) is 0 Å². The monoisotopic (exact) mass is 279 g/mol. The predicted molar refractivity (Wildman–Crippen MR) is 74.5 cm³/mol. The third-order valence-electron chi connectivity index (χ3n) is 2.89. The van der Waals surface area contributed by atoms with Gasteiger partial charge in [0, 0.05) is 16.3 Å². The Morgan fingerprint density at radius 2 is 2.11 bits per heavy atom. The molecule has 0 aliphatic carbocycles. The van der Waals surface area contributed by atoms with Crippen molar-refractivity contribution in [1.29, 1.82) is 0 Å². The molecule has 0 atom stereocenters. The lowest BCUT2D eigenvalue weighted by molar-refractivity contribution is 0.0696. The van der Waals surface area contributed by atoms with Gasteiger partial charge in [-0.15, -0.1) is 11.3 Å². The van der Waals surface area contributed by atoms with Crippen LogP contribution in [0.4, 0.5) is 10.1 Å². The van der Waals surface area contributed by atoms with Gasteiger partial charge in [0.25, 0.3) is 0 Å². The number of thiophene rings is 1. The van der Waals surface area contributed by atoms with Crippen LogP contribution in [0.3, 0.4) is 0 Å². The van der Waals surface area contributed by atoms with Gasteiger partial charge in [0.1, 0.15) is 5.82 Å². The van der Waals surface area contributed by atoms with Crippen LogP contribution in [0.5, 0.6) is 0 Å². The summed E-state index contributed by atoms with van der Waals surface area (Å²) in [6, 6.07) is 5.93. The van der Waals surface area contributed by atoms with Gasteiger partial charge in [-0.1, -0.05) is 0 Å². The molecule has 2 rings (SSSR count). The number of anilines is 1. The molecule has 0 spiro atoms. The van der Waals surface area contributed by atoms with E-state index in [1.54, 1.807) is 11.3 Å². The average Bonchev–Trinajstić information content (AvgIpc) is 2.67. The van der Waals surface area contributed by atoms with Gasteiger partial charge in [-0.25, -0.2) is 9.18 Å². The number of carboxylic acid groups (broad SMARTS) is 1. The Bertz CT molecular complexity index is 602. The van der Waals surface area contributed by atoms with E-state index in [2.05, 4.69) is 11.4 Å². The minimum absolute atomic E-state index is 0.0501. The molecular weight excluding hydrogens is 265 g/mol. The molecule has 2 aromatic rings. The fourth-order valence-corrected chi connectivity index (χ4v) is 2.70. The summed E-state index contributed by atoms with van der Waals surface area (Å²) in [5.41, 5.74) is 1.49. The second-order valence-corrected chi connectivity index (χ2v) is 5.65. The van der Waals surface area contributed by atoms with E-state index in [9.17, 15) is 9.18 Å². The molecule has 0 amide bonds. The highest BCUT2D eigenvalue weighted by atomic mass is 32.1. The minimum Gasteiger partial charge on any atom is -0.478 e. The van der Waals surface area contributed by atoms with Crippen molar-refractivity contribution in [2.45, 2.75) is 20.4 Å². The molecule has 1 aromatic carbocycles. The Morgan fingerprint density at radius 1 is 1.37 bits per heavy atom. The first-order chi connectivity index (χ1) is 8.97. The molecule has 5 heteroatoms. The first-order valence-electron chi connectivity index (χ1n) is 5.80. The van der Waals surface area contributed by atoms with Gasteiger partial charge in [-0.3, -0.25) is 0 Å². The molecule has 0 saturated carbocycles. The van der Waals surface area contributed by atoms with Crippen molar-refractivity contribution < 1.29 is 14.3 Å². The fraction of sp³-hybridized carbons (Fsp3) is 0.214. The number of rotatable bonds is 4. The standard InChI is InChI=1S/C14H14FNO2S/c1-8-5-11(19-9(8)2)7-16-13-4-3-10(14(17)18)6-12(13)15/h3-6,16H,7H2,1-2H3,(H,17,18). The number of carbonyl (C=O) groups is 1. The number of carboxylic acids is 1. The highest BCUT2D eigenvalue weighted by Gasteiger charge is 2.08. The summed E-state index contributed by atoms with van der Waals surface area (Å²) >= 11 is 1.67. The highest BCUT2D eigenvalue weighted by molar-refractivity contribution is 7.12. The van der Waals surface area contributed by atoms with Crippen molar-refractivity contribution in [2.75, 3.05) is 5.32 Å². The Balaban J connectivity index is 2.09. The van der Waals surface area contributed by atoms with E-state index in [-0.39, 0.29) is 5.56 Å². The molecule has 3 nitrogen and oxygen atoms in total. The first-order valence-corrected chi connectivity index (χ1v) is 6.61. The maximum Gasteiger partial charge on any atom is 0.335 e. The van der Waals surface area contributed by atoms with E-state index in [0.29, 0.717) is 12.2 Å². The minimum atomic E-state index is -1.13. The molecule has 1 heterocycles. The van der Waals surface area contributed by atoms with Gasteiger partial charge < -0.3 is 10.4 Å². The van der Waals surface area contributed by atoms with E-state index < -0.39 is 11.8 Å². The molecule has 0 aliphatic heterocycles. The van der Waals surface area contributed by atoms with Gasteiger partial charge in [0.2, 0.25) is 0 Å². The summed E-state index contributed by atoms with van der Waals surface area (Å²) < 4.78 is 13.7. The summed E-state index contributed by atoms with van der Waals surface area (Å²) in [7, 11) is 0. The summed E-state index contributed by atoms with van der Waals surface area (Å²) in [4.78, 5) is 13.1. The number of hydrogen-bond donors (Lipinski definition) is 2. The summed E-state index contributed by atoms with van der Waals surface area (Å²) in [6.45, 7) is 4.62. The maximum atomic E-state index is 13.7. The Morgan fingerprint density at radius 3 is 2.63 bits per heavy atom. The van der Waals surface area contributed by atoms with Crippen LogP contribution >= 0.6 is 11.3 Å². The number of benzene rings is 1. The lowest BCUT2D eigenvalue weighted by atomic mass is 10.2. The third kappa shape index (κ3) is 3.12. The third-order valence-corrected chi connectivity index (χ3v) is 4.04. The number of hydrogen-bond acceptors (Lipinski definition) is 3. The summed E-state index contributed by atoms with van der Waals surface area (Å²) in [6.07, 6.45) is 0. The number of halogens is 1. The number of aryl methyl sites for hydroxylation is 2. The Hall–Kier alpha value is -1.88. The molecule has 0 saturated heterocycles. The Kier molecular flexibility index (Phi) is 3.85. The zero-order chi connectivity index (χ0) is 14.0. The van der Waals surface area contributed by atoms with E-state index in [4.69, 9.17) is 5.11 Å². The van der Waals surface area contributed by atoms with Crippen molar-refractivity contribution >= 4 is 23.0 Å². The predicted octanol–water partition coefficient (Wildman–Crippen LogP) is 3.81. The smallest absolute Gasteiger partial charge is 0.335 e. The van der Waals surface area contributed by atoms with Gasteiger partial charge in [0.05, 0.1) is 11.3 Å². The van der Waals surface area contributed by atoms with Crippen LogP contribution in [0, 0.1) is 19.7 Å². The SMILES string of the molecule is Cc1cc(CNc2ccc(C(=O)O)cc2F)sc1C. The number of aromatic carboxylic acids is 1. The van der Waals surface area contributed by atoms with Crippen LogP contribution in [0.2, 0.25) is 0 Å². The molecule has 100 valence electrons. The van der Waals surface area contributed by atoms with Crippen molar-refractivity contribution in [3.8, 4) is 0 Å². The summed E-state index contributed by atoms with van der Waals surface area (Å²) in [5.74, 6) is -1.68. The van der Waals surface area contributed by atoms with Crippen LogP contribution < -0.4 is 5.32 Å². The molecule has 0 radical (unpaired) electrons. The molecule has 1 aromatic heterocycles. The van der Waals surface area contributed by atoms with Crippen molar-refractivity contribution in [1.82, 2.24) is 0 Å². The van der Waals surface area contributed by atoms with Crippen LogP contribution in [0.25, 0.3) is 0 Å². The van der Waals surface area contributed by atoms with Crippen LogP contribution in [-0.2, 0) is 6.54 Å². The van der Waals surface area contributed by atoms with E-state index in [0.717, 1.165) is 10.9 Å². The molecule has 19 heavy (non-hydrogen) atoms.